The number of rotatable bonds is 6. The van der Waals surface area contributed by atoms with E-state index in [9.17, 15) is 9.59 Å². The molecule has 1 aliphatic heterocycles. The SMILES string of the molecule is Cc1ccc(OCCn2cc(/C=C3\SC(=O)N(c4ccccc4Cl)C3=O)c3cc(Br)ccc32)cc1C. The molecular weight excluding hydrogens is 560 g/mol. The Morgan fingerprint density at radius 2 is 1.83 bits per heavy atom. The summed E-state index contributed by atoms with van der Waals surface area (Å²) in [6, 6.07) is 18.9. The highest BCUT2D eigenvalue weighted by Crippen LogP contribution is 2.39. The summed E-state index contributed by atoms with van der Waals surface area (Å²) in [6.07, 6.45) is 3.77. The summed E-state index contributed by atoms with van der Waals surface area (Å²) in [5.74, 6) is 0.456. The van der Waals surface area contributed by atoms with E-state index in [-0.39, 0.29) is 11.1 Å². The van der Waals surface area contributed by atoms with Gasteiger partial charge in [-0.15, -0.1) is 0 Å². The van der Waals surface area contributed by atoms with Crippen LogP contribution in [0, 0.1) is 13.8 Å². The molecule has 1 saturated heterocycles. The van der Waals surface area contributed by atoms with Gasteiger partial charge in [0.15, 0.2) is 0 Å². The molecule has 2 amide bonds. The summed E-state index contributed by atoms with van der Waals surface area (Å²) in [4.78, 5) is 27.4. The van der Waals surface area contributed by atoms with Crippen LogP contribution in [-0.2, 0) is 11.3 Å². The van der Waals surface area contributed by atoms with Gasteiger partial charge < -0.3 is 9.30 Å². The molecule has 0 N–H and O–H groups in total. The predicted molar refractivity (Wildman–Crippen MR) is 151 cm³/mol. The normalized spacial score (nSPS) is 14.9. The number of halogens is 2. The number of hydrogen-bond acceptors (Lipinski definition) is 4. The third-order valence-electron chi connectivity index (χ3n) is 6.13. The van der Waals surface area contributed by atoms with Crippen molar-refractivity contribution in [2.45, 2.75) is 20.4 Å². The maximum absolute atomic E-state index is 13.2. The van der Waals surface area contributed by atoms with Crippen LogP contribution in [0.3, 0.4) is 0 Å². The van der Waals surface area contributed by atoms with Gasteiger partial charge in [-0.1, -0.05) is 45.7 Å². The first-order chi connectivity index (χ1) is 17.3. The molecule has 1 aromatic heterocycles. The molecule has 5 nitrogen and oxygen atoms in total. The number of fused-ring (bicyclic) bond motifs is 1. The van der Waals surface area contributed by atoms with Gasteiger partial charge in [0.05, 0.1) is 22.2 Å². The van der Waals surface area contributed by atoms with Gasteiger partial charge in [0.2, 0.25) is 0 Å². The van der Waals surface area contributed by atoms with Crippen LogP contribution >= 0.6 is 39.3 Å². The Kier molecular flexibility index (Phi) is 6.97. The molecule has 2 heterocycles. The lowest BCUT2D eigenvalue weighted by Gasteiger charge is -2.13. The van der Waals surface area contributed by atoms with Crippen LogP contribution in [0.5, 0.6) is 5.75 Å². The van der Waals surface area contributed by atoms with Crippen molar-refractivity contribution >= 4 is 73.1 Å². The zero-order valence-electron chi connectivity index (χ0n) is 19.6. The van der Waals surface area contributed by atoms with Crippen molar-refractivity contribution in [3.8, 4) is 5.75 Å². The second-order valence-electron chi connectivity index (χ2n) is 8.50. The number of aromatic nitrogens is 1. The average Bonchev–Trinajstić information content (AvgIpc) is 3.32. The van der Waals surface area contributed by atoms with Crippen LogP contribution in [0.2, 0.25) is 5.02 Å². The fraction of sp³-hybridized carbons (Fsp3) is 0.143. The summed E-state index contributed by atoms with van der Waals surface area (Å²) < 4.78 is 9.03. The van der Waals surface area contributed by atoms with Crippen LogP contribution in [-0.4, -0.2) is 22.3 Å². The van der Waals surface area contributed by atoms with E-state index in [2.05, 4.69) is 40.4 Å². The molecule has 1 fully saturated rings. The lowest BCUT2D eigenvalue weighted by Crippen LogP contribution is -2.27. The number of carbonyl (C=O) groups excluding carboxylic acids is 2. The smallest absolute Gasteiger partial charge is 0.298 e. The summed E-state index contributed by atoms with van der Waals surface area (Å²) in [7, 11) is 0. The molecule has 0 saturated carbocycles. The van der Waals surface area contributed by atoms with Crippen molar-refractivity contribution in [1.82, 2.24) is 4.57 Å². The summed E-state index contributed by atoms with van der Waals surface area (Å²) in [5.41, 5.74) is 4.67. The highest BCUT2D eigenvalue weighted by atomic mass is 79.9. The van der Waals surface area contributed by atoms with E-state index in [1.807, 2.05) is 36.5 Å². The molecule has 0 unspecified atom stereocenters. The van der Waals surface area contributed by atoms with Gasteiger partial charge in [0.25, 0.3) is 11.1 Å². The molecule has 1 aliphatic rings. The van der Waals surface area contributed by atoms with Crippen molar-refractivity contribution in [3.05, 3.63) is 98.0 Å². The summed E-state index contributed by atoms with van der Waals surface area (Å²) >= 11 is 10.7. The van der Waals surface area contributed by atoms with Gasteiger partial charge in [-0.3, -0.25) is 9.59 Å². The zero-order chi connectivity index (χ0) is 25.4. The Labute approximate surface area is 226 Å². The molecule has 0 spiro atoms. The number of para-hydroxylation sites is 1. The van der Waals surface area contributed by atoms with Crippen LogP contribution in [0.1, 0.15) is 16.7 Å². The number of amides is 2. The topological polar surface area (TPSA) is 51.5 Å². The first kappa shape index (κ1) is 24.7. The van der Waals surface area contributed by atoms with Crippen molar-refractivity contribution < 1.29 is 14.3 Å². The minimum absolute atomic E-state index is 0.352. The van der Waals surface area contributed by atoms with Crippen LogP contribution < -0.4 is 9.64 Å². The summed E-state index contributed by atoms with van der Waals surface area (Å²) in [6.45, 7) is 5.26. The van der Waals surface area contributed by atoms with Gasteiger partial charge in [-0.2, -0.15) is 0 Å². The first-order valence-electron chi connectivity index (χ1n) is 11.3. The molecule has 0 radical (unpaired) electrons. The zero-order valence-corrected chi connectivity index (χ0v) is 22.8. The predicted octanol–water partition coefficient (Wildman–Crippen LogP) is 7.99. The van der Waals surface area contributed by atoms with Crippen LogP contribution in [0.15, 0.2) is 76.2 Å². The fourth-order valence-corrected chi connectivity index (χ4v) is 5.52. The van der Waals surface area contributed by atoms with E-state index in [4.69, 9.17) is 16.3 Å². The quantitative estimate of drug-likeness (QED) is 0.217. The fourth-order valence-electron chi connectivity index (χ4n) is 4.11. The van der Waals surface area contributed by atoms with E-state index in [0.29, 0.717) is 28.8 Å². The minimum atomic E-state index is -0.382. The number of imide groups is 1. The van der Waals surface area contributed by atoms with Gasteiger partial charge in [0.1, 0.15) is 12.4 Å². The van der Waals surface area contributed by atoms with Gasteiger partial charge in [0, 0.05) is 27.1 Å². The van der Waals surface area contributed by atoms with Gasteiger partial charge in [-0.25, -0.2) is 4.90 Å². The van der Waals surface area contributed by atoms with E-state index in [1.54, 1.807) is 30.3 Å². The second kappa shape index (κ2) is 10.2. The highest BCUT2D eigenvalue weighted by Gasteiger charge is 2.37. The third-order valence-corrected chi connectivity index (χ3v) is 7.81. The molecule has 0 atom stereocenters. The van der Waals surface area contributed by atoms with Crippen molar-refractivity contribution in [2.75, 3.05) is 11.5 Å². The first-order valence-corrected chi connectivity index (χ1v) is 13.3. The standard InChI is InChI=1S/C28H22BrClN2O3S/c1-17-7-9-21(13-18(17)2)35-12-11-31-16-19(22-15-20(29)8-10-24(22)31)14-26-27(33)32(28(34)36-26)25-6-4-3-5-23(25)30/h3-10,13-16H,11-12H2,1-2H3/b26-14-. The number of benzene rings is 3. The minimum Gasteiger partial charge on any atom is -0.492 e. The van der Waals surface area contributed by atoms with Crippen LogP contribution in [0.25, 0.3) is 17.0 Å². The Morgan fingerprint density at radius 1 is 1.03 bits per heavy atom. The number of nitrogens with zero attached hydrogens (tertiary/aromatic N) is 2. The number of carbonyl (C=O) groups is 2. The summed E-state index contributed by atoms with van der Waals surface area (Å²) in [5, 5.41) is 0.955. The number of ether oxygens (including phenoxy) is 1. The highest BCUT2D eigenvalue weighted by molar-refractivity contribution is 9.10. The van der Waals surface area contributed by atoms with E-state index < -0.39 is 0 Å². The largest absolute Gasteiger partial charge is 0.492 e. The van der Waals surface area contributed by atoms with Gasteiger partial charge in [-0.05, 0) is 85.3 Å². The Hall–Kier alpha value is -3.00. The number of hydrogen-bond donors (Lipinski definition) is 0. The molecule has 0 bridgehead atoms. The molecule has 182 valence electrons. The number of anilines is 1. The molecule has 4 aromatic rings. The number of aryl methyl sites for hydroxylation is 2. The Bertz CT molecular complexity index is 1550. The molecule has 5 rings (SSSR count). The van der Waals surface area contributed by atoms with Crippen molar-refractivity contribution in [2.24, 2.45) is 0 Å². The average molecular weight is 582 g/mol. The van der Waals surface area contributed by atoms with E-state index >= 15 is 0 Å². The van der Waals surface area contributed by atoms with Crippen molar-refractivity contribution in [3.63, 3.8) is 0 Å². The van der Waals surface area contributed by atoms with Crippen molar-refractivity contribution in [1.29, 1.82) is 0 Å². The lowest BCUT2D eigenvalue weighted by molar-refractivity contribution is -0.113. The van der Waals surface area contributed by atoms with Gasteiger partial charge >= 0.3 is 0 Å². The second-order valence-corrected chi connectivity index (χ2v) is 10.8. The molecule has 36 heavy (non-hydrogen) atoms. The monoisotopic (exact) mass is 580 g/mol. The van der Waals surface area contributed by atoms with Crippen LogP contribution in [0.4, 0.5) is 10.5 Å². The van der Waals surface area contributed by atoms with E-state index in [1.165, 1.54) is 11.1 Å². The number of thioether (sulfide) groups is 1. The molecule has 3 aromatic carbocycles. The van der Waals surface area contributed by atoms with E-state index in [0.717, 1.165) is 43.4 Å². The maximum atomic E-state index is 13.2. The molecule has 0 aliphatic carbocycles. The maximum Gasteiger partial charge on any atom is 0.298 e. The molecule has 8 heteroatoms. The third kappa shape index (κ3) is 4.83. The molecular formula is C28H22BrClN2O3S. The Morgan fingerprint density at radius 3 is 2.61 bits per heavy atom. The lowest BCUT2D eigenvalue weighted by atomic mass is 10.1. The Balaban J connectivity index is 1.43.